The van der Waals surface area contributed by atoms with Crippen LogP contribution in [0.5, 0.6) is 5.75 Å². The molecule has 0 aliphatic rings. The summed E-state index contributed by atoms with van der Waals surface area (Å²) in [6, 6.07) is 3.77. The SMILES string of the molecule is CNCC(C)Oc1ccc([N+](=O)[O-])cc1C(N)=O. The molecule has 1 aromatic rings. The van der Waals surface area contributed by atoms with Crippen molar-refractivity contribution in [1.29, 1.82) is 0 Å². The first-order valence-electron chi connectivity index (χ1n) is 5.35. The molecule has 1 atom stereocenters. The molecule has 7 heteroatoms. The van der Waals surface area contributed by atoms with Gasteiger partial charge in [0.15, 0.2) is 0 Å². The highest BCUT2D eigenvalue weighted by Gasteiger charge is 2.17. The molecule has 7 nitrogen and oxygen atoms in total. The van der Waals surface area contributed by atoms with E-state index in [1.165, 1.54) is 12.1 Å². The molecule has 0 bridgehead atoms. The summed E-state index contributed by atoms with van der Waals surface area (Å²) in [5, 5.41) is 13.5. The maximum absolute atomic E-state index is 11.2. The second-order valence-electron chi connectivity index (χ2n) is 3.79. The first-order valence-corrected chi connectivity index (χ1v) is 5.35. The Kier molecular flexibility index (Phi) is 4.61. The van der Waals surface area contributed by atoms with Crippen molar-refractivity contribution in [2.75, 3.05) is 13.6 Å². The standard InChI is InChI=1S/C11H15N3O4/c1-7(6-13-2)18-10-4-3-8(14(16)17)5-9(10)11(12)15/h3-5,7,13H,6H2,1-2H3,(H2,12,15). The van der Waals surface area contributed by atoms with Gasteiger partial charge in [-0.3, -0.25) is 14.9 Å². The average molecular weight is 253 g/mol. The fraction of sp³-hybridized carbons (Fsp3) is 0.364. The van der Waals surface area contributed by atoms with Gasteiger partial charge in [-0.1, -0.05) is 0 Å². The minimum absolute atomic E-state index is 0.00662. The molecule has 1 aromatic carbocycles. The van der Waals surface area contributed by atoms with Crippen LogP contribution < -0.4 is 15.8 Å². The highest BCUT2D eigenvalue weighted by Crippen LogP contribution is 2.24. The molecule has 0 saturated carbocycles. The van der Waals surface area contributed by atoms with Gasteiger partial charge >= 0.3 is 0 Å². The lowest BCUT2D eigenvalue weighted by Crippen LogP contribution is -2.27. The van der Waals surface area contributed by atoms with E-state index in [-0.39, 0.29) is 23.1 Å². The van der Waals surface area contributed by atoms with Crippen molar-refractivity contribution >= 4 is 11.6 Å². The molecule has 1 amide bonds. The maximum Gasteiger partial charge on any atom is 0.270 e. The van der Waals surface area contributed by atoms with Crippen LogP contribution in [0.2, 0.25) is 0 Å². The minimum Gasteiger partial charge on any atom is -0.489 e. The smallest absolute Gasteiger partial charge is 0.270 e. The third-order valence-electron chi connectivity index (χ3n) is 2.26. The number of likely N-dealkylation sites (N-methyl/N-ethyl adjacent to an activating group) is 1. The molecule has 98 valence electrons. The Hall–Kier alpha value is -2.15. The van der Waals surface area contributed by atoms with Crippen molar-refractivity contribution in [2.45, 2.75) is 13.0 Å². The Morgan fingerprint density at radius 2 is 2.28 bits per heavy atom. The molecule has 0 aliphatic heterocycles. The maximum atomic E-state index is 11.2. The topological polar surface area (TPSA) is 107 Å². The predicted octanol–water partition coefficient (Wildman–Crippen LogP) is 0.680. The van der Waals surface area contributed by atoms with Crippen LogP contribution in [-0.2, 0) is 0 Å². The van der Waals surface area contributed by atoms with Gasteiger partial charge < -0.3 is 15.8 Å². The van der Waals surface area contributed by atoms with E-state index in [0.717, 1.165) is 6.07 Å². The Morgan fingerprint density at radius 1 is 1.61 bits per heavy atom. The Balaban J connectivity index is 3.04. The average Bonchev–Trinajstić information content (AvgIpc) is 2.29. The van der Waals surface area contributed by atoms with Gasteiger partial charge in [-0.2, -0.15) is 0 Å². The number of nitrogens with zero attached hydrogens (tertiary/aromatic N) is 1. The number of nitro benzene ring substituents is 1. The summed E-state index contributed by atoms with van der Waals surface area (Å²) >= 11 is 0. The molecule has 0 aliphatic carbocycles. The van der Waals surface area contributed by atoms with E-state index < -0.39 is 10.8 Å². The summed E-state index contributed by atoms with van der Waals surface area (Å²) in [7, 11) is 1.77. The number of nitrogens with one attached hydrogen (secondary N) is 1. The van der Waals surface area contributed by atoms with E-state index in [0.29, 0.717) is 6.54 Å². The van der Waals surface area contributed by atoms with Gasteiger partial charge in [0.25, 0.3) is 11.6 Å². The van der Waals surface area contributed by atoms with Gasteiger partial charge in [-0.25, -0.2) is 0 Å². The summed E-state index contributed by atoms with van der Waals surface area (Å²) in [5.41, 5.74) is 4.99. The summed E-state index contributed by atoms with van der Waals surface area (Å²) in [6.45, 7) is 2.39. The van der Waals surface area contributed by atoms with E-state index in [9.17, 15) is 14.9 Å². The van der Waals surface area contributed by atoms with Crippen LogP contribution in [0.15, 0.2) is 18.2 Å². The largest absolute Gasteiger partial charge is 0.489 e. The summed E-state index contributed by atoms with van der Waals surface area (Å²) < 4.78 is 5.50. The quantitative estimate of drug-likeness (QED) is 0.572. The number of non-ortho nitro benzene ring substituents is 1. The Morgan fingerprint density at radius 3 is 2.78 bits per heavy atom. The molecule has 1 rings (SSSR count). The van der Waals surface area contributed by atoms with Crippen LogP contribution in [0.3, 0.4) is 0 Å². The molecule has 0 radical (unpaired) electrons. The first kappa shape index (κ1) is 13.9. The number of carbonyl (C=O) groups excluding carboxylic acids is 1. The number of hydrogen-bond acceptors (Lipinski definition) is 5. The number of ether oxygens (including phenoxy) is 1. The molecular formula is C11H15N3O4. The van der Waals surface area contributed by atoms with E-state index in [1.807, 2.05) is 6.92 Å². The molecule has 0 aromatic heterocycles. The van der Waals surface area contributed by atoms with Crippen molar-refractivity contribution in [2.24, 2.45) is 5.73 Å². The predicted molar refractivity (Wildman–Crippen MR) is 65.6 cm³/mol. The van der Waals surface area contributed by atoms with Gasteiger partial charge in [0.05, 0.1) is 10.5 Å². The number of hydrogen-bond donors (Lipinski definition) is 2. The van der Waals surface area contributed by atoms with Gasteiger partial charge in [-0.15, -0.1) is 0 Å². The van der Waals surface area contributed by atoms with Crippen molar-refractivity contribution in [3.63, 3.8) is 0 Å². The number of nitro groups is 1. The van der Waals surface area contributed by atoms with Crippen molar-refractivity contribution < 1.29 is 14.5 Å². The lowest BCUT2D eigenvalue weighted by atomic mass is 10.1. The van der Waals surface area contributed by atoms with Crippen molar-refractivity contribution in [3.8, 4) is 5.75 Å². The second-order valence-corrected chi connectivity index (χ2v) is 3.79. The van der Waals surface area contributed by atoms with E-state index >= 15 is 0 Å². The van der Waals surface area contributed by atoms with Crippen LogP contribution in [0, 0.1) is 10.1 Å². The zero-order chi connectivity index (χ0) is 13.7. The molecule has 18 heavy (non-hydrogen) atoms. The number of benzene rings is 1. The van der Waals surface area contributed by atoms with Gasteiger partial charge in [-0.05, 0) is 20.0 Å². The highest BCUT2D eigenvalue weighted by molar-refractivity contribution is 5.96. The van der Waals surface area contributed by atoms with Crippen molar-refractivity contribution in [1.82, 2.24) is 5.32 Å². The normalized spacial score (nSPS) is 11.9. The molecular weight excluding hydrogens is 238 g/mol. The molecule has 0 fully saturated rings. The molecule has 3 N–H and O–H groups in total. The molecule has 0 saturated heterocycles. The fourth-order valence-electron chi connectivity index (χ4n) is 1.47. The monoisotopic (exact) mass is 253 g/mol. The van der Waals surface area contributed by atoms with Gasteiger partial charge in [0.2, 0.25) is 0 Å². The molecule has 0 spiro atoms. The zero-order valence-electron chi connectivity index (χ0n) is 10.2. The summed E-state index contributed by atoms with van der Waals surface area (Å²) in [4.78, 5) is 21.3. The summed E-state index contributed by atoms with van der Waals surface area (Å²) in [5.74, 6) is -0.513. The Bertz CT molecular complexity index is 462. The second kappa shape index (κ2) is 5.97. The van der Waals surface area contributed by atoms with Crippen LogP contribution in [0.4, 0.5) is 5.69 Å². The van der Waals surface area contributed by atoms with E-state index in [2.05, 4.69) is 5.32 Å². The van der Waals surface area contributed by atoms with Gasteiger partial charge in [0.1, 0.15) is 11.9 Å². The van der Waals surface area contributed by atoms with Crippen LogP contribution in [0.1, 0.15) is 17.3 Å². The van der Waals surface area contributed by atoms with Gasteiger partial charge in [0, 0.05) is 18.7 Å². The zero-order valence-corrected chi connectivity index (χ0v) is 10.2. The third-order valence-corrected chi connectivity index (χ3v) is 2.26. The Labute approximate surface area is 104 Å². The third kappa shape index (κ3) is 3.42. The molecule has 0 heterocycles. The number of amides is 1. The highest BCUT2D eigenvalue weighted by atomic mass is 16.6. The van der Waals surface area contributed by atoms with Crippen LogP contribution >= 0.6 is 0 Å². The first-order chi connectivity index (χ1) is 8.45. The van der Waals surface area contributed by atoms with E-state index in [1.54, 1.807) is 7.05 Å². The number of nitrogens with two attached hydrogens (primary N) is 1. The van der Waals surface area contributed by atoms with Crippen LogP contribution in [0.25, 0.3) is 0 Å². The molecule has 1 unspecified atom stereocenters. The number of rotatable bonds is 6. The lowest BCUT2D eigenvalue weighted by molar-refractivity contribution is -0.384. The number of primary amides is 1. The van der Waals surface area contributed by atoms with Crippen molar-refractivity contribution in [3.05, 3.63) is 33.9 Å². The lowest BCUT2D eigenvalue weighted by Gasteiger charge is -2.15. The fourth-order valence-corrected chi connectivity index (χ4v) is 1.47. The summed E-state index contributed by atoms with van der Waals surface area (Å²) in [6.07, 6.45) is -0.186. The minimum atomic E-state index is -0.759. The van der Waals surface area contributed by atoms with Crippen LogP contribution in [-0.4, -0.2) is 30.5 Å². The van der Waals surface area contributed by atoms with E-state index in [4.69, 9.17) is 10.5 Å². The number of carbonyl (C=O) groups is 1.